The van der Waals surface area contributed by atoms with Gasteiger partial charge in [-0.25, -0.2) is 8.78 Å². The van der Waals surface area contributed by atoms with E-state index in [1.54, 1.807) is 0 Å². The molecular formula is C13H15F2NO3. The standard InChI is InChI=1S/C13H15F2NO3/c14-9-3-4-12(11(15)6-9)19-8-13(18)16-5-1-2-10(16)7-17/h3-4,6,10,17H,1-2,5,7-8H2/t10-/m1/s1. The van der Waals surface area contributed by atoms with Crippen LogP contribution in [0.3, 0.4) is 0 Å². The normalized spacial score (nSPS) is 18.7. The molecule has 2 rings (SSSR count). The van der Waals surface area contributed by atoms with Crippen LogP contribution in [0.15, 0.2) is 18.2 Å². The molecule has 1 amide bonds. The minimum atomic E-state index is -0.840. The van der Waals surface area contributed by atoms with Crippen molar-refractivity contribution in [3.63, 3.8) is 0 Å². The largest absolute Gasteiger partial charge is 0.481 e. The first-order chi connectivity index (χ1) is 9.11. The van der Waals surface area contributed by atoms with Crippen LogP contribution in [0.5, 0.6) is 5.75 Å². The van der Waals surface area contributed by atoms with Gasteiger partial charge in [-0.1, -0.05) is 0 Å². The zero-order chi connectivity index (χ0) is 13.8. The number of benzene rings is 1. The molecule has 1 saturated heterocycles. The maximum Gasteiger partial charge on any atom is 0.260 e. The van der Waals surface area contributed by atoms with Gasteiger partial charge in [0.15, 0.2) is 18.2 Å². The number of amides is 1. The van der Waals surface area contributed by atoms with E-state index in [-0.39, 0.29) is 30.9 Å². The van der Waals surface area contributed by atoms with Gasteiger partial charge in [0.05, 0.1) is 12.6 Å². The van der Waals surface area contributed by atoms with Crippen molar-refractivity contribution < 1.29 is 23.4 Å². The summed E-state index contributed by atoms with van der Waals surface area (Å²) >= 11 is 0. The monoisotopic (exact) mass is 271 g/mol. The third-order valence-corrected chi connectivity index (χ3v) is 3.15. The topological polar surface area (TPSA) is 49.8 Å². The van der Waals surface area contributed by atoms with Crippen LogP contribution in [0.2, 0.25) is 0 Å². The van der Waals surface area contributed by atoms with Gasteiger partial charge in [-0.05, 0) is 25.0 Å². The fourth-order valence-electron chi connectivity index (χ4n) is 2.17. The molecular weight excluding hydrogens is 256 g/mol. The van der Waals surface area contributed by atoms with Crippen LogP contribution < -0.4 is 4.74 Å². The molecule has 0 saturated carbocycles. The fraction of sp³-hybridized carbons (Fsp3) is 0.462. The van der Waals surface area contributed by atoms with Crippen molar-refractivity contribution in [1.29, 1.82) is 0 Å². The quantitative estimate of drug-likeness (QED) is 0.898. The first kappa shape index (κ1) is 13.7. The van der Waals surface area contributed by atoms with Gasteiger partial charge in [-0.2, -0.15) is 0 Å². The van der Waals surface area contributed by atoms with Crippen LogP contribution in [0.25, 0.3) is 0 Å². The number of carbonyl (C=O) groups excluding carboxylic acids is 1. The van der Waals surface area contributed by atoms with Crippen LogP contribution in [0, 0.1) is 11.6 Å². The Balaban J connectivity index is 1.93. The van der Waals surface area contributed by atoms with Gasteiger partial charge < -0.3 is 14.7 Å². The molecule has 0 bridgehead atoms. The molecule has 0 radical (unpaired) electrons. The summed E-state index contributed by atoms with van der Waals surface area (Å²) in [6.07, 6.45) is 1.59. The van der Waals surface area contributed by atoms with Crippen molar-refractivity contribution in [2.45, 2.75) is 18.9 Å². The molecule has 4 nitrogen and oxygen atoms in total. The highest BCUT2D eigenvalue weighted by atomic mass is 19.1. The number of aliphatic hydroxyl groups is 1. The molecule has 6 heteroatoms. The number of rotatable bonds is 4. The summed E-state index contributed by atoms with van der Waals surface area (Å²) in [6, 6.07) is 2.72. The first-order valence-electron chi connectivity index (χ1n) is 6.10. The van der Waals surface area contributed by atoms with Crippen molar-refractivity contribution in [3.05, 3.63) is 29.8 Å². The average molecular weight is 271 g/mol. The SMILES string of the molecule is O=C(COc1ccc(F)cc1F)N1CCC[C@@H]1CO. The molecule has 104 valence electrons. The van der Waals surface area contributed by atoms with Crippen molar-refractivity contribution in [1.82, 2.24) is 4.90 Å². The summed E-state index contributed by atoms with van der Waals surface area (Å²) in [5.41, 5.74) is 0. The Bertz CT molecular complexity index is 467. The summed E-state index contributed by atoms with van der Waals surface area (Å²) in [5, 5.41) is 9.11. The summed E-state index contributed by atoms with van der Waals surface area (Å²) in [5.74, 6) is -2.00. The van der Waals surface area contributed by atoms with Gasteiger partial charge >= 0.3 is 0 Å². The molecule has 1 N–H and O–H groups in total. The Kier molecular flexibility index (Phi) is 4.31. The van der Waals surface area contributed by atoms with Crippen molar-refractivity contribution in [2.75, 3.05) is 19.8 Å². The molecule has 19 heavy (non-hydrogen) atoms. The Labute approximate surface area is 109 Å². The third-order valence-electron chi connectivity index (χ3n) is 3.15. The summed E-state index contributed by atoms with van der Waals surface area (Å²) in [4.78, 5) is 13.4. The Morgan fingerprint density at radius 1 is 1.47 bits per heavy atom. The first-order valence-corrected chi connectivity index (χ1v) is 6.10. The molecule has 0 aromatic heterocycles. The van der Waals surface area contributed by atoms with E-state index in [9.17, 15) is 13.6 Å². The van der Waals surface area contributed by atoms with E-state index in [4.69, 9.17) is 9.84 Å². The van der Waals surface area contributed by atoms with E-state index in [0.29, 0.717) is 12.6 Å². The molecule has 1 aromatic rings. The van der Waals surface area contributed by atoms with Crippen molar-refractivity contribution >= 4 is 5.91 Å². The van der Waals surface area contributed by atoms with Crippen molar-refractivity contribution in [3.8, 4) is 5.75 Å². The number of likely N-dealkylation sites (tertiary alicyclic amines) is 1. The van der Waals surface area contributed by atoms with E-state index in [0.717, 1.165) is 25.0 Å². The number of carbonyl (C=O) groups is 1. The van der Waals surface area contributed by atoms with Crippen LogP contribution in [0.1, 0.15) is 12.8 Å². The molecule has 1 atom stereocenters. The predicted molar refractivity (Wildman–Crippen MR) is 63.7 cm³/mol. The number of halogens is 2. The van der Waals surface area contributed by atoms with Gasteiger partial charge in [0.1, 0.15) is 5.82 Å². The van der Waals surface area contributed by atoms with Gasteiger partial charge in [0, 0.05) is 12.6 Å². The van der Waals surface area contributed by atoms with E-state index >= 15 is 0 Å². The summed E-state index contributed by atoms with van der Waals surface area (Å²) in [6.45, 7) is 0.162. The van der Waals surface area contributed by atoms with Gasteiger partial charge in [0.2, 0.25) is 0 Å². The number of nitrogens with zero attached hydrogens (tertiary/aromatic N) is 1. The molecule has 1 aromatic carbocycles. The molecule has 1 aliphatic rings. The highest BCUT2D eigenvalue weighted by Gasteiger charge is 2.28. The second-order valence-electron chi connectivity index (χ2n) is 4.43. The maximum absolute atomic E-state index is 13.3. The second kappa shape index (κ2) is 5.97. The number of hydrogen-bond donors (Lipinski definition) is 1. The van der Waals surface area contributed by atoms with E-state index < -0.39 is 11.6 Å². The lowest BCUT2D eigenvalue weighted by Crippen LogP contribution is -2.40. The highest BCUT2D eigenvalue weighted by molar-refractivity contribution is 5.78. The highest BCUT2D eigenvalue weighted by Crippen LogP contribution is 2.19. The zero-order valence-corrected chi connectivity index (χ0v) is 10.3. The Morgan fingerprint density at radius 2 is 2.26 bits per heavy atom. The molecule has 0 spiro atoms. The number of ether oxygens (including phenoxy) is 1. The predicted octanol–water partition coefficient (Wildman–Crippen LogP) is 1.33. The van der Waals surface area contributed by atoms with Crippen LogP contribution in [0.4, 0.5) is 8.78 Å². The summed E-state index contributed by atoms with van der Waals surface area (Å²) < 4.78 is 31.0. The molecule has 0 aliphatic carbocycles. The van der Waals surface area contributed by atoms with Crippen LogP contribution in [-0.2, 0) is 4.79 Å². The van der Waals surface area contributed by atoms with Gasteiger partial charge in [-0.15, -0.1) is 0 Å². The lowest BCUT2D eigenvalue weighted by Gasteiger charge is -2.22. The summed E-state index contributed by atoms with van der Waals surface area (Å²) in [7, 11) is 0. The second-order valence-corrected chi connectivity index (χ2v) is 4.43. The van der Waals surface area contributed by atoms with Gasteiger partial charge in [-0.3, -0.25) is 4.79 Å². The Morgan fingerprint density at radius 3 is 2.95 bits per heavy atom. The van der Waals surface area contributed by atoms with Gasteiger partial charge in [0.25, 0.3) is 5.91 Å². The minimum absolute atomic E-state index is 0.0867. The maximum atomic E-state index is 13.3. The van der Waals surface area contributed by atoms with Crippen molar-refractivity contribution in [2.24, 2.45) is 0 Å². The third kappa shape index (κ3) is 3.20. The molecule has 1 heterocycles. The molecule has 1 aliphatic heterocycles. The molecule has 0 unspecified atom stereocenters. The molecule has 1 fully saturated rings. The van der Waals surface area contributed by atoms with Crippen LogP contribution >= 0.6 is 0 Å². The lowest BCUT2D eigenvalue weighted by atomic mass is 10.2. The zero-order valence-electron chi connectivity index (χ0n) is 10.3. The minimum Gasteiger partial charge on any atom is -0.481 e. The van der Waals surface area contributed by atoms with E-state index in [1.807, 2.05) is 0 Å². The lowest BCUT2D eigenvalue weighted by molar-refractivity contribution is -0.134. The van der Waals surface area contributed by atoms with E-state index in [2.05, 4.69) is 0 Å². The van der Waals surface area contributed by atoms with E-state index in [1.165, 1.54) is 4.90 Å². The fourth-order valence-corrected chi connectivity index (χ4v) is 2.17. The Hall–Kier alpha value is -1.69. The number of hydrogen-bond acceptors (Lipinski definition) is 3. The van der Waals surface area contributed by atoms with Crippen LogP contribution in [-0.4, -0.2) is 41.7 Å². The average Bonchev–Trinajstić information content (AvgIpc) is 2.85. The smallest absolute Gasteiger partial charge is 0.260 e. The number of aliphatic hydroxyl groups excluding tert-OH is 1.